The summed E-state index contributed by atoms with van der Waals surface area (Å²) in [5.41, 5.74) is 1.90. The topological polar surface area (TPSA) is 67.7 Å². The van der Waals surface area contributed by atoms with E-state index in [4.69, 9.17) is 0 Å². The molecule has 0 aliphatic rings. The van der Waals surface area contributed by atoms with Crippen LogP contribution in [0.5, 0.6) is 0 Å². The maximum atomic E-state index is 4.68. The lowest BCUT2D eigenvalue weighted by molar-refractivity contribution is 0.546. The first kappa shape index (κ1) is 15.3. The summed E-state index contributed by atoms with van der Waals surface area (Å²) in [7, 11) is 3.79. The summed E-state index contributed by atoms with van der Waals surface area (Å²) in [4.78, 5) is 9.28. The zero-order valence-electron chi connectivity index (χ0n) is 13.7. The molecule has 114 valence electrons. The van der Waals surface area contributed by atoms with E-state index in [1.165, 1.54) is 0 Å². The Kier molecular flexibility index (Phi) is 4.16. The molecule has 6 nitrogen and oxygen atoms in total. The molecule has 0 amide bonds. The molecule has 0 radical (unpaired) electrons. The molecular weight excluding hydrogens is 264 g/mol. The van der Waals surface area contributed by atoms with Crippen molar-refractivity contribution in [3.63, 3.8) is 0 Å². The van der Waals surface area contributed by atoms with E-state index >= 15 is 0 Å². The second kappa shape index (κ2) is 5.71. The van der Waals surface area contributed by atoms with Gasteiger partial charge in [-0.1, -0.05) is 20.8 Å². The molecule has 0 atom stereocenters. The summed E-state index contributed by atoms with van der Waals surface area (Å²) >= 11 is 0. The molecule has 2 heterocycles. The number of hydrogen-bond donors (Lipinski definition) is 2. The maximum Gasteiger partial charge on any atom is 0.138 e. The number of nitrogens with one attached hydrogen (secondary N) is 2. The smallest absolute Gasteiger partial charge is 0.138 e. The van der Waals surface area contributed by atoms with Crippen LogP contribution in [0.1, 0.15) is 37.9 Å². The van der Waals surface area contributed by atoms with Gasteiger partial charge in [0.05, 0.1) is 12.2 Å². The van der Waals surface area contributed by atoms with Crippen molar-refractivity contribution in [2.45, 2.75) is 39.7 Å². The first-order chi connectivity index (χ1) is 9.81. The van der Waals surface area contributed by atoms with Gasteiger partial charge in [0.1, 0.15) is 17.5 Å². The third-order valence-corrected chi connectivity index (χ3v) is 3.26. The van der Waals surface area contributed by atoms with Crippen molar-refractivity contribution >= 4 is 11.6 Å². The van der Waals surface area contributed by atoms with Crippen LogP contribution >= 0.6 is 0 Å². The van der Waals surface area contributed by atoms with E-state index in [0.29, 0.717) is 6.54 Å². The Morgan fingerprint density at radius 3 is 2.38 bits per heavy atom. The molecule has 21 heavy (non-hydrogen) atoms. The minimum absolute atomic E-state index is 0.0965. The van der Waals surface area contributed by atoms with Crippen molar-refractivity contribution in [1.29, 1.82) is 0 Å². The van der Waals surface area contributed by atoms with Gasteiger partial charge in [-0.25, -0.2) is 9.97 Å². The molecule has 0 bridgehead atoms. The van der Waals surface area contributed by atoms with E-state index in [-0.39, 0.29) is 5.41 Å². The van der Waals surface area contributed by atoms with Crippen molar-refractivity contribution in [2.24, 2.45) is 7.05 Å². The van der Waals surface area contributed by atoms with Gasteiger partial charge in [-0.3, -0.25) is 4.68 Å². The van der Waals surface area contributed by atoms with Crippen molar-refractivity contribution in [2.75, 3.05) is 17.7 Å². The standard InChI is InChI=1S/C15H24N6/c1-10-12(16-5)18-14(15(2,3)4)19-13(10)17-9-11-7-8-21(6)20-11/h7-8H,9H2,1-6H3,(H2,16,17,18,19). The predicted molar refractivity (Wildman–Crippen MR) is 85.6 cm³/mol. The zero-order chi connectivity index (χ0) is 15.6. The molecule has 0 spiro atoms. The molecule has 0 aliphatic heterocycles. The quantitative estimate of drug-likeness (QED) is 0.904. The number of aryl methyl sites for hydroxylation is 1. The Balaban J connectivity index is 2.28. The van der Waals surface area contributed by atoms with Gasteiger partial charge in [0, 0.05) is 31.3 Å². The molecule has 6 heteroatoms. The summed E-state index contributed by atoms with van der Waals surface area (Å²) < 4.78 is 1.80. The second-order valence-corrected chi connectivity index (χ2v) is 6.20. The van der Waals surface area contributed by atoms with E-state index in [2.05, 4.69) is 46.5 Å². The molecule has 0 saturated heterocycles. The Hall–Kier alpha value is -2.11. The highest BCUT2D eigenvalue weighted by Gasteiger charge is 2.20. The van der Waals surface area contributed by atoms with Crippen LogP contribution in [0, 0.1) is 6.92 Å². The van der Waals surface area contributed by atoms with Crippen molar-refractivity contribution in [1.82, 2.24) is 19.7 Å². The second-order valence-electron chi connectivity index (χ2n) is 6.20. The summed E-state index contributed by atoms with van der Waals surface area (Å²) in [6.07, 6.45) is 1.93. The van der Waals surface area contributed by atoms with E-state index in [9.17, 15) is 0 Å². The van der Waals surface area contributed by atoms with E-state index < -0.39 is 0 Å². The summed E-state index contributed by atoms with van der Waals surface area (Å²) in [6.45, 7) is 8.99. The van der Waals surface area contributed by atoms with Crippen LogP contribution in [0.2, 0.25) is 0 Å². The third kappa shape index (κ3) is 3.51. The number of hydrogen-bond acceptors (Lipinski definition) is 5. The largest absolute Gasteiger partial charge is 0.373 e. The molecular formula is C15H24N6. The van der Waals surface area contributed by atoms with Crippen molar-refractivity contribution in [3.8, 4) is 0 Å². The van der Waals surface area contributed by atoms with Gasteiger partial charge < -0.3 is 10.6 Å². The lowest BCUT2D eigenvalue weighted by Crippen LogP contribution is -2.19. The summed E-state index contributed by atoms with van der Waals surface area (Å²) in [6, 6.07) is 1.99. The Bertz CT molecular complexity index is 624. The molecule has 0 aromatic carbocycles. The van der Waals surface area contributed by atoms with Gasteiger partial charge in [-0.15, -0.1) is 0 Å². The highest BCUT2D eigenvalue weighted by atomic mass is 15.3. The molecule has 2 rings (SSSR count). The van der Waals surface area contributed by atoms with E-state index in [1.54, 1.807) is 4.68 Å². The minimum Gasteiger partial charge on any atom is -0.373 e. The fourth-order valence-electron chi connectivity index (χ4n) is 2.00. The molecule has 2 N–H and O–H groups in total. The first-order valence-electron chi connectivity index (χ1n) is 7.10. The van der Waals surface area contributed by atoms with Crippen molar-refractivity contribution < 1.29 is 0 Å². The average Bonchev–Trinajstić information content (AvgIpc) is 2.82. The number of rotatable bonds is 4. The van der Waals surface area contributed by atoms with Crippen LogP contribution in [0.25, 0.3) is 0 Å². The number of anilines is 2. The fourth-order valence-corrected chi connectivity index (χ4v) is 2.00. The van der Waals surface area contributed by atoms with Gasteiger partial charge in [0.2, 0.25) is 0 Å². The SMILES string of the molecule is CNc1nc(C(C)(C)C)nc(NCc2ccn(C)n2)c1C. The molecule has 2 aromatic rings. The van der Waals surface area contributed by atoms with Crippen LogP contribution in [0.4, 0.5) is 11.6 Å². The number of nitrogens with zero attached hydrogens (tertiary/aromatic N) is 4. The van der Waals surface area contributed by atoms with Crippen LogP contribution < -0.4 is 10.6 Å². The van der Waals surface area contributed by atoms with Crippen molar-refractivity contribution in [3.05, 3.63) is 29.3 Å². The van der Waals surface area contributed by atoms with E-state index in [1.807, 2.05) is 33.3 Å². The zero-order valence-corrected chi connectivity index (χ0v) is 13.7. The lowest BCUT2D eigenvalue weighted by atomic mass is 9.95. The maximum absolute atomic E-state index is 4.68. The third-order valence-electron chi connectivity index (χ3n) is 3.26. The van der Waals surface area contributed by atoms with Gasteiger partial charge in [-0.05, 0) is 13.0 Å². The van der Waals surface area contributed by atoms with Gasteiger partial charge in [0.25, 0.3) is 0 Å². The molecule has 0 saturated carbocycles. The molecule has 2 aromatic heterocycles. The average molecular weight is 288 g/mol. The van der Waals surface area contributed by atoms with E-state index in [0.717, 1.165) is 28.7 Å². The lowest BCUT2D eigenvalue weighted by Gasteiger charge is -2.20. The Morgan fingerprint density at radius 2 is 1.86 bits per heavy atom. The Labute approximate surface area is 126 Å². The monoisotopic (exact) mass is 288 g/mol. The van der Waals surface area contributed by atoms with Crippen LogP contribution in [-0.4, -0.2) is 26.8 Å². The van der Waals surface area contributed by atoms with Crippen LogP contribution in [0.15, 0.2) is 12.3 Å². The summed E-state index contributed by atoms with van der Waals surface area (Å²) in [5.74, 6) is 2.53. The van der Waals surface area contributed by atoms with Gasteiger partial charge in [-0.2, -0.15) is 5.10 Å². The Morgan fingerprint density at radius 1 is 1.19 bits per heavy atom. The minimum atomic E-state index is -0.0965. The van der Waals surface area contributed by atoms with Gasteiger partial charge in [0.15, 0.2) is 0 Å². The normalized spacial score (nSPS) is 11.5. The predicted octanol–water partition coefficient (Wildman–Crippen LogP) is 2.47. The van der Waals surface area contributed by atoms with Crippen LogP contribution in [0.3, 0.4) is 0 Å². The van der Waals surface area contributed by atoms with Crippen LogP contribution in [-0.2, 0) is 19.0 Å². The first-order valence-corrected chi connectivity index (χ1v) is 7.10. The summed E-state index contributed by atoms with van der Waals surface area (Å²) in [5, 5.41) is 10.9. The number of aromatic nitrogens is 4. The molecule has 0 aliphatic carbocycles. The van der Waals surface area contributed by atoms with Gasteiger partial charge >= 0.3 is 0 Å². The molecule has 0 fully saturated rings. The fraction of sp³-hybridized carbons (Fsp3) is 0.533. The highest BCUT2D eigenvalue weighted by Crippen LogP contribution is 2.26. The molecule has 0 unspecified atom stereocenters. The highest BCUT2D eigenvalue weighted by molar-refractivity contribution is 5.57.